The second-order valence-electron chi connectivity index (χ2n) is 5.70. The molecule has 0 unspecified atom stereocenters. The molecule has 0 saturated carbocycles. The second kappa shape index (κ2) is 4.95. The summed E-state index contributed by atoms with van der Waals surface area (Å²) in [7, 11) is 0. The minimum atomic E-state index is -0.647. The summed E-state index contributed by atoms with van der Waals surface area (Å²) in [5.41, 5.74) is 4.26. The number of benzene rings is 2. The molecule has 1 aliphatic carbocycles. The topological polar surface area (TPSA) is 54.4 Å². The van der Waals surface area contributed by atoms with Gasteiger partial charge in [0.25, 0.3) is 0 Å². The van der Waals surface area contributed by atoms with Crippen molar-refractivity contribution in [2.75, 3.05) is 0 Å². The Hall–Kier alpha value is -2.68. The van der Waals surface area contributed by atoms with Gasteiger partial charge in [0.15, 0.2) is 0 Å². The summed E-state index contributed by atoms with van der Waals surface area (Å²) in [6, 6.07) is 10.5. The van der Waals surface area contributed by atoms with Crippen LogP contribution in [-0.2, 0) is 4.79 Å². The smallest absolute Gasteiger partial charge is 0.237 e. The fraction of sp³-hybridized carbons (Fsp3) is 0.158. The van der Waals surface area contributed by atoms with Crippen LogP contribution in [0.4, 0.5) is 0 Å². The van der Waals surface area contributed by atoms with Gasteiger partial charge in [-0.25, -0.2) is 0 Å². The summed E-state index contributed by atoms with van der Waals surface area (Å²) < 4.78 is 0. The van der Waals surface area contributed by atoms with E-state index in [0.29, 0.717) is 11.1 Å². The van der Waals surface area contributed by atoms with Gasteiger partial charge in [-0.2, -0.15) is 0 Å². The SMILES string of the molecule is Cc1cc(C)c(C2=C(O)c3ccccc3C(=O)C2=O)c(C)c1. The highest BCUT2D eigenvalue weighted by Gasteiger charge is 2.34. The maximum atomic E-state index is 12.5. The highest BCUT2D eigenvalue weighted by molar-refractivity contribution is 6.62. The standard InChI is InChI=1S/C19H16O3/c1-10-8-11(2)15(12(3)9-10)16-17(20)13-6-4-5-7-14(13)18(21)19(16)22/h4-9,20H,1-3H3. The highest BCUT2D eigenvalue weighted by atomic mass is 16.3. The monoisotopic (exact) mass is 292 g/mol. The van der Waals surface area contributed by atoms with E-state index >= 15 is 0 Å². The van der Waals surface area contributed by atoms with Crippen LogP contribution in [-0.4, -0.2) is 16.7 Å². The fourth-order valence-electron chi connectivity index (χ4n) is 3.17. The first-order chi connectivity index (χ1) is 10.4. The van der Waals surface area contributed by atoms with E-state index in [0.717, 1.165) is 16.7 Å². The van der Waals surface area contributed by atoms with E-state index in [1.165, 1.54) is 0 Å². The largest absolute Gasteiger partial charge is 0.506 e. The number of aliphatic hydroxyl groups excluding tert-OH is 1. The molecule has 0 spiro atoms. The van der Waals surface area contributed by atoms with Crippen molar-refractivity contribution in [2.24, 2.45) is 0 Å². The van der Waals surface area contributed by atoms with Crippen LogP contribution >= 0.6 is 0 Å². The number of aryl methyl sites for hydroxylation is 3. The molecule has 0 radical (unpaired) electrons. The normalized spacial score (nSPS) is 14.3. The zero-order valence-corrected chi connectivity index (χ0v) is 12.7. The van der Waals surface area contributed by atoms with Crippen LogP contribution in [0, 0.1) is 20.8 Å². The van der Waals surface area contributed by atoms with Crippen molar-refractivity contribution in [3.8, 4) is 0 Å². The van der Waals surface area contributed by atoms with Crippen molar-refractivity contribution in [2.45, 2.75) is 20.8 Å². The van der Waals surface area contributed by atoms with Gasteiger partial charge in [0.1, 0.15) is 5.76 Å². The van der Waals surface area contributed by atoms with Crippen LogP contribution in [0.15, 0.2) is 36.4 Å². The molecular weight excluding hydrogens is 276 g/mol. The highest BCUT2D eigenvalue weighted by Crippen LogP contribution is 2.36. The molecule has 2 aromatic rings. The Morgan fingerprint density at radius 2 is 1.36 bits per heavy atom. The predicted molar refractivity (Wildman–Crippen MR) is 85.9 cm³/mol. The molecule has 0 aromatic heterocycles. The minimum absolute atomic E-state index is 0.110. The lowest BCUT2D eigenvalue weighted by Gasteiger charge is -2.20. The number of allylic oxidation sites excluding steroid dienone is 1. The summed E-state index contributed by atoms with van der Waals surface area (Å²) in [5.74, 6) is -1.33. The molecule has 0 heterocycles. The second-order valence-corrected chi connectivity index (χ2v) is 5.70. The van der Waals surface area contributed by atoms with Gasteiger partial charge in [0, 0.05) is 11.1 Å². The van der Waals surface area contributed by atoms with Crippen LogP contribution in [0.25, 0.3) is 11.3 Å². The Balaban J connectivity index is 2.36. The summed E-state index contributed by atoms with van der Waals surface area (Å²) in [6.45, 7) is 5.74. The first-order valence-corrected chi connectivity index (χ1v) is 7.11. The third kappa shape index (κ3) is 1.98. The summed E-state index contributed by atoms with van der Waals surface area (Å²) >= 11 is 0. The molecule has 1 N–H and O–H groups in total. The molecule has 0 atom stereocenters. The number of hydrogen-bond donors (Lipinski definition) is 1. The van der Waals surface area contributed by atoms with Gasteiger partial charge in [0.05, 0.1) is 5.57 Å². The molecule has 0 aliphatic heterocycles. The average molecular weight is 292 g/mol. The lowest BCUT2D eigenvalue weighted by atomic mass is 9.82. The Kier molecular flexibility index (Phi) is 3.21. The zero-order chi connectivity index (χ0) is 16.0. The summed E-state index contributed by atoms with van der Waals surface area (Å²) in [6.07, 6.45) is 0. The zero-order valence-electron chi connectivity index (χ0n) is 12.7. The Morgan fingerprint density at radius 1 is 0.818 bits per heavy atom. The summed E-state index contributed by atoms with van der Waals surface area (Å²) in [4.78, 5) is 24.9. The van der Waals surface area contributed by atoms with Gasteiger partial charge in [-0.15, -0.1) is 0 Å². The van der Waals surface area contributed by atoms with E-state index in [9.17, 15) is 14.7 Å². The molecule has 3 nitrogen and oxygen atoms in total. The predicted octanol–water partition coefficient (Wildman–Crippen LogP) is 3.80. The van der Waals surface area contributed by atoms with Gasteiger partial charge >= 0.3 is 0 Å². The fourth-order valence-corrected chi connectivity index (χ4v) is 3.17. The van der Waals surface area contributed by atoms with Gasteiger partial charge in [-0.1, -0.05) is 42.0 Å². The Morgan fingerprint density at radius 3 is 1.95 bits per heavy atom. The number of hydrogen-bond acceptors (Lipinski definition) is 3. The van der Waals surface area contributed by atoms with Crippen LogP contribution in [0.5, 0.6) is 0 Å². The van der Waals surface area contributed by atoms with Crippen LogP contribution in [0.1, 0.15) is 38.2 Å². The van der Waals surface area contributed by atoms with E-state index in [2.05, 4.69) is 0 Å². The van der Waals surface area contributed by atoms with Crippen LogP contribution in [0.2, 0.25) is 0 Å². The van der Waals surface area contributed by atoms with Crippen LogP contribution in [0.3, 0.4) is 0 Å². The number of carbonyl (C=O) groups excluding carboxylic acids is 2. The first-order valence-electron chi connectivity index (χ1n) is 7.11. The molecule has 0 saturated heterocycles. The maximum Gasteiger partial charge on any atom is 0.237 e. The molecule has 0 bridgehead atoms. The number of fused-ring (bicyclic) bond motifs is 1. The Labute approximate surface area is 128 Å². The number of Topliss-reactive ketones (excluding diaryl/α,β-unsaturated/α-hetero) is 2. The molecule has 3 heteroatoms. The molecule has 110 valence electrons. The Bertz CT molecular complexity index is 834. The van der Waals surface area contributed by atoms with Crippen molar-refractivity contribution in [1.82, 2.24) is 0 Å². The van der Waals surface area contributed by atoms with Crippen molar-refractivity contribution in [1.29, 1.82) is 0 Å². The van der Waals surface area contributed by atoms with E-state index in [1.54, 1.807) is 24.3 Å². The van der Waals surface area contributed by atoms with E-state index in [1.807, 2.05) is 32.9 Å². The van der Waals surface area contributed by atoms with E-state index in [-0.39, 0.29) is 16.9 Å². The minimum Gasteiger partial charge on any atom is -0.506 e. The molecule has 22 heavy (non-hydrogen) atoms. The number of carbonyl (C=O) groups is 2. The lowest BCUT2D eigenvalue weighted by Crippen LogP contribution is -2.24. The first kappa shape index (κ1) is 14.3. The van der Waals surface area contributed by atoms with Crippen molar-refractivity contribution in [3.63, 3.8) is 0 Å². The quantitative estimate of drug-likeness (QED) is 0.813. The maximum absolute atomic E-state index is 12.5. The van der Waals surface area contributed by atoms with Crippen molar-refractivity contribution >= 4 is 22.9 Å². The van der Waals surface area contributed by atoms with E-state index in [4.69, 9.17) is 0 Å². The molecular formula is C19H16O3. The average Bonchev–Trinajstić information content (AvgIpc) is 2.47. The summed E-state index contributed by atoms with van der Waals surface area (Å²) in [5, 5.41) is 10.6. The third-order valence-electron chi connectivity index (χ3n) is 4.02. The number of aliphatic hydroxyl groups is 1. The lowest BCUT2D eigenvalue weighted by molar-refractivity contribution is -0.110. The van der Waals surface area contributed by atoms with Crippen molar-refractivity contribution < 1.29 is 14.7 Å². The van der Waals surface area contributed by atoms with Crippen molar-refractivity contribution in [3.05, 3.63) is 69.8 Å². The van der Waals surface area contributed by atoms with E-state index < -0.39 is 11.6 Å². The molecule has 0 amide bonds. The molecule has 2 aromatic carbocycles. The molecule has 0 fully saturated rings. The van der Waals surface area contributed by atoms with Gasteiger partial charge in [-0.05, 0) is 37.5 Å². The van der Waals surface area contributed by atoms with Gasteiger partial charge in [0.2, 0.25) is 11.6 Å². The van der Waals surface area contributed by atoms with Gasteiger partial charge < -0.3 is 5.11 Å². The third-order valence-corrected chi connectivity index (χ3v) is 4.02. The number of ketones is 2. The molecule has 1 aliphatic rings. The van der Waals surface area contributed by atoms with Gasteiger partial charge in [-0.3, -0.25) is 9.59 Å². The number of rotatable bonds is 1. The van der Waals surface area contributed by atoms with Crippen LogP contribution < -0.4 is 0 Å². The molecule has 3 rings (SSSR count).